The highest BCUT2D eigenvalue weighted by Gasteiger charge is 2.21. The molecule has 0 saturated heterocycles. The van der Waals surface area contributed by atoms with Gasteiger partial charge in [-0.05, 0) is 18.6 Å². The van der Waals surface area contributed by atoms with E-state index in [4.69, 9.17) is 0 Å². The lowest BCUT2D eigenvalue weighted by molar-refractivity contribution is 0.238. The second kappa shape index (κ2) is 7.31. The normalized spacial score (nSPS) is 11.3. The van der Waals surface area contributed by atoms with Crippen LogP contribution in [0.3, 0.4) is 0 Å². The van der Waals surface area contributed by atoms with Crippen LogP contribution in [0.4, 0.5) is 4.79 Å². The lowest BCUT2D eigenvalue weighted by atomic mass is 9.84. The number of aromatic nitrogens is 2. The number of aryl methyl sites for hydroxylation is 2. The molecule has 23 heavy (non-hydrogen) atoms. The van der Waals surface area contributed by atoms with Crippen molar-refractivity contribution < 1.29 is 4.79 Å². The molecule has 124 valence electrons. The summed E-state index contributed by atoms with van der Waals surface area (Å²) in [5.74, 6) is 0. The fraction of sp³-hybridized carbons (Fsp3) is 0.444. The van der Waals surface area contributed by atoms with Gasteiger partial charge in [-0.15, -0.1) is 0 Å². The summed E-state index contributed by atoms with van der Waals surface area (Å²) in [5.41, 5.74) is 3.33. The Morgan fingerprint density at radius 2 is 1.87 bits per heavy atom. The fourth-order valence-electron chi connectivity index (χ4n) is 2.37. The van der Waals surface area contributed by atoms with Crippen LogP contribution in [-0.2, 0) is 18.9 Å². The summed E-state index contributed by atoms with van der Waals surface area (Å²) in [5, 5.41) is 10.1. The summed E-state index contributed by atoms with van der Waals surface area (Å²) >= 11 is 0. The van der Waals surface area contributed by atoms with Gasteiger partial charge in [0, 0.05) is 38.2 Å². The number of urea groups is 1. The van der Waals surface area contributed by atoms with E-state index in [1.54, 1.807) is 4.68 Å². The largest absolute Gasteiger partial charge is 0.338 e. The highest BCUT2D eigenvalue weighted by Crippen LogP contribution is 2.22. The third kappa shape index (κ3) is 5.13. The Labute approximate surface area is 138 Å². The summed E-state index contributed by atoms with van der Waals surface area (Å²) in [6.07, 6.45) is 2.63. The van der Waals surface area contributed by atoms with Gasteiger partial charge in [0.2, 0.25) is 0 Å². The molecule has 1 heterocycles. The van der Waals surface area contributed by atoms with E-state index in [1.807, 2.05) is 19.3 Å². The lowest BCUT2D eigenvalue weighted by Crippen LogP contribution is -2.42. The second-order valence-electron chi connectivity index (χ2n) is 6.59. The highest BCUT2D eigenvalue weighted by molar-refractivity contribution is 5.73. The molecule has 2 aromatic rings. The number of hydrogen-bond acceptors (Lipinski definition) is 2. The topological polar surface area (TPSA) is 59.0 Å². The average molecular weight is 314 g/mol. The van der Waals surface area contributed by atoms with Crippen molar-refractivity contribution in [3.63, 3.8) is 0 Å². The van der Waals surface area contributed by atoms with Crippen LogP contribution < -0.4 is 10.6 Å². The number of carbonyl (C=O) groups excluding carboxylic acids is 1. The first-order valence-corrected chi connectivity index (χ1v) is 7.94. The van der Waals surface area contributed by atoms with Crippen molar-refractivity contribution in [2.45, 2.75) is 32.6 Å². The first-order chi connectivity index (χ1) is 10.9. The van der Waals surface area contributed by atoms with Crippen LogP contribution in [0.15, 0.2) is 36.5 Å². The van der Waals surface area contributed by atoms with E-state index in [1.165, 1.54) is 11.1 Å². The number of nitrogens with one attached hydrogen (secondary N) is 2. The standard InChI is InChI=1S/C18H26N4O/c1-14-5-7-15(8-6-14)18(2,3)13-20-17(23)19-11-9-16-10-12-22(4)21-16/h5-8,10,12H,9,11,13H2,1-4H3,(H2,19,20,23). The number of carbonyl (C=O) groups is 1. The minimum Gasteiger partial charge on any atom is -0.338 e. The first kappa shape index (κ1) is 17.1. The minimum absolute atomic E-state index is 0.105. The van der Waals surface area contributed by atoms with Gasteiger partial charge >= 0.3 is 6.03 Å². The summed E-state index contributed by atoms with van der Waals surface area (Å²) in [4.78, 5) is 11.9. The Bertz CT molecular complexity index is 643. The van der Waals surface area contributed by atoms with Gasteiger partial charge in [-0.2, -0.15) is 5.10 Å². The predicted octanol–water partition coefficient (Wildman–Crippen LogP) is 2.55. The smallest absolute Gasteiger partial charge is 0.314 e. The summed E-state index contributed by atoms with van der Waals surface area (Å²) in [7, 11) is 1.89. The van der Waals surface area contributed by atoms with Crippen LogP contribution >= 0.6 is 0 Å². The van der Waals surface area contributed by atoms with Crippen LogP contribution in [0.5, 0.6) is 0 Å². The molecule has 0 fully saturated rings. The lowest BCUT2D eigenvalue weighted by Gasteiger charge is -2.26. The molecule has 0 spiro atoms. The molecule has 1 aromatic heterocycles. The molecular formula is C18H26N4O. The number of rotatable bonds is 6. The van der Waals surface area contributed by atoms with E-state index in [2.05, 4.69) is 60.8 Å². The van der Waals surface area contributed by atoms with Gasteiger partial charge in [-0.3, -0.25) is 4.68 Å². The molecule has 0 aliphatic carbocycles. The Balaban J connectivity index is 1.75. The molecule has 5 heteroatoms. The van der Waals surface area contributed by atoms with Crippen LogP contribution in [0.25, 0.3) is 0 Å². The average Bonchev–Trinajstić information content (AvgIpc) is 2.91. The zero-order chi connectivity index (χ0) is 16.9. The van der Waals surface area contributed by atoms with Gasteiger partial charge in [0.05, 0.1) is 5.69 Å². The maximum absolute atomic E-state index is 11.9. The SMILES string of the molecule is Cc1ccc(C(C)(C)CNC(=O)NCCc2ccn(C)n2)cc1. The zero-order valence-electron chi connectivity index (χ0n) is 14.4. The number of benzene rings is 1. The zero-order valence-corrected chi connectivity index (χ0v) is 14.4. The number of amides is 2. The molecule has 5 nitrogen and oxygen atoms in total. The van der Waals surface area contributed by atoms with Gasteiger partial charge in [-0.1, -0.05) is 43.7 Å². The molecule has 0 aliphatic rings. The summed E-state index contributed by atoms with van der Waals surface area (Å²) in [6.45, 7) is 7.50. The fourth-order valence-corrected chi connectivity index (χ4v) is 2.37. The van der Waals surface area contributed by atoms with Crippen molar-refractivity contribution in [2.24, 2.45) is 7.05 Å². The molecule has 0 bridgehead atoms. The maximum atomic E-state index is 11.9. The molecule has 2 N–H and O–H groups in total. The van der Waals surface area contributed by atoms with E-state index < -0.39 is 0 Å². The monoisotopic (exact) mass is 314 g/mol. The third-order valence-electron chi connectivity index (χ3n) is 3.96. The van der Waals surface area contributed by atoms with Crippen molar-refractivity contribution in [2.75, 3.05) is 13.1 Å². The van der Waals surface area contributed by atoms with Crippen molar-refractivity contribution in [1.82, 2.24) is 20.4 Å². The predicted molar refractivity (Wildman–Crippen MR) is 92.5 cm³/mol. The first-order valence-electron chi connectivity index (χ1n) is 7.94. The number of nitrogens with zero attached hydrogens (tertiary/aromatic N) is 2. The molecule has 2 rings (SSSR count). The number of hydrogen-bond donors (Lipinski definition) is 2. The Kier molecular flexibility index (Phi) is 5.42. The quantitative estimate of drug-likeness (QED) is 0.861. The second-order valence-corrected chi connectivity index (χ2v) is 6.59. The van der Waals surface area contributed by atoms with E-state index >= 15 is 0 Å². The van der Waals surface area contributed by atoms with E-state index in [0.29, 0.717) is 13.1 Å². The van der Waals surface area contributed by atoms with Gasteiger partial charge in [0.1, 0.15) is 0 Å². The van der Waals surface area contributed by atoms with Gasteiger partial charge in [0.25, 0.3) is 0 Å². The molecule has 1 aromatic carbocycles. The Morgan fingerprint density at radius 3 is 2.48 bits per heavy atom. The van der Waals surface area contributed by atoms with Gasteiger partial charge in [-0.25, -0.2) is 4.79 Å². The van der Waals surface area contributed by atoms with Crippen molar-refractivity contribution in [1.29, 1.82) is 0 Å². The van der Waals surface area contributed by atoms with Crippen LogP contribution in [0, 0.1) is 6.92 Å². The van der Waals surface area contributed by atoms with Crippen LogP contribution in [0.1, 0.15) is 30.7 Å². The Hall–Kier alpha value is -2.30. The molecule has 0 unspecified atom stereocenters. The molecule has 0 radical (unpaired) electrons. The van der Waals surface area contributed by atoms with E-state index in [0.717, 1.165) is 12.1 Å². The van der Waals surface area contributed by atoms with E-state index in [-0.39, 0.29) is 11.4 Å². The highest BCUT2D eigenvalue weighted by atomic mass is 16.2. The molecule has 2 amide bonds. The maximum Gasteiger partial charge on any atom is 0.314 e. The molecule has 0 saturated carbocycles. The summed E-state index contributed by atoms with van der Waals surface area (Å²) in [6, 6.07) is 10.3. The van der Waals surface area contributed by atoms with E-state index in [9.17, 15) is 4.79 Å². The van der Waals surface area contributed by atoms with Gasteiger partial charge < -0.3 is 10.6 Å². The Morgan fingerprint density at radius 1 is 1.17 bits per heavy atom. The van der Waals surface area contributed by atoms with Crippen molar-refractivity contribution in [3.05, 3.63) is 53.3 Å². The molecular weight excluding hydrogens is 288 g/mol. The van der Waals surface area contributed by atoms with Gasteiger partial charge in [0.15, 0.2) is 0 Å². The summed E-state index contributed by atoms with van der Waals surface area (Å²) < 4.78 is 1.76. The molecule has 0 atom stereocenters. The minimum atomic E-state index is -0.138. The van der Waals surface area contributed by atoms with Crippen LogP contribution in [0.2, 0.25) is 0 Å². The van der Waals surface area contributed by atoms with Crippen LogP contribution in [-0.4, -0.2) is 28.9 Å². The van der Waals surface area contributed by atoms with Crippen molar-refractivity contribution in [3.8, 4) is 0 Å². The molecule has 0 aliphatic heterocycles. The van der Waals surface area contributed by atoms with Crippen molar-refractivity contribution >= 4 is 6.03 Å². The third-order valence-corrected chi connectivity index (χ3v) is 3.96.